The maximum absolute atomic E-state index is 13.1. The predicted octanol–water partition coefficient (Wildman–Crippen LogP) is 4.06. The summed E-state index contributed by atoms with van der Waals surface area (Å²) >= 11 is 7.15. The molecule has 1 aliphatic rings. The minimum Gasteiger partial charge on any atom is -0.496 e. The fraction of sp³-hybridized carbons (Fsp3) is 0.333. The average molecular weight is 358 g/mol. The molecule has 0 spiro atoms. The highest BCUT2D eigenvalue weighted by molar-refractivity contribution is 7.71. The number of fused-ring (bicyclic) bond motifs is 3. The van der Waals surface area contributed by atoms with Gasteiger partial charge in [0.15, 0.2) is 4.77 Å². The highest BCUT2D eigenvalue weighted by Crippen LogP contribution is 2.33. The second-order valence-corrected chi connectivity index (χ2v) is 7.54. The quantitative estimate of drug-likeness (QED) is 0.718. The molecule has 2 aromatic heterocycles. The number of benzene rings is 1. The zero-order chi connectivity index (χ0) is 16.7. The van der Waals surface area contributed by atoms with Crippen LogP contribution in [0.15, 0.2) is 29.1 Å². The molecule has 0 atom stereocenters. The van der Waals surface area contributed by atoms with Crippen LogP contribution in [0.2, 0.25) is 0 Å². The molecular weight excluding hydrogens is 340 g/mol. The fourth-order valence-electron chi connectivity index (χ4n) is 3.42. The summed E-state index contributed by atoms with van der Waals surface area (Å²) in [6.45, 7) is 0.415. The van der Waals surface area contributed by atoms with E-state index in [-0.39, 0.29) is 5.56 Å². The Hall–Kier alpha value is -1.92. The minimum absolute atomic E-state index is 0.0130. The smallest absolute Gasteiger partial charge is 0.263 e. The number of aryl methyl sites for hydroxylation is 2. The van der Waals surface area contributed by atoms with Gasteiger partial charge in [-0.1, -0.05) is 18.2 Å². The van der Waals surface area contributed by atoms with Crippen molar-refractivity contribution in [3.8, 4) is 5.75 Å². The summed E-state index contributed by atoms with van der Waals surface area (Å²) in [5, 5.41) is 0.832. The lowest BCUT2D eigenvalue weighted by molar-refractivity contribution is 0.408. The van der Waals surface area contributed by atoms with Crippen molar-refractivity contribution in [2.24, 2.45) is 0 Å². The number of rotatable bonds is 3. The molecule has 24 heavy (non-hydrogen) atoms. The van der Waals surface area contributed by atoms with Crippen LogP contribution in [0, 0.1) is 4.77 Å². The van der Waals surface area contributed by atoms with Crippen molar-refractivity contribution in [1.82, 2.24) is 9.55 Å². The first-order valence-corrected chi connectivity index (χ1v) is 9.31. The average Bonchev–Trinajstić information content (AvgIpc) is 2.97. The van der Waals surface area contributed by atoms with Crippen LogP contribution >= 0.6 is 23.6 Å². The Balaban J connectivity index is 1.90. The van der Waals surface area contributed by atoms with E-state index in [1.807, 2.05) is 24.3 Å². The SMILES string of the molecule is COc1ccccc1Cn1c(=S)[nH]c2sc3c(c2c1=O)CCCC3. The summed E-state index contributed by atoms with van der Waals surface area (Å²) in [4.78, 5) is 18.7. The van der Waals surface area contributed by atoms with Crippen molar-refractivity contribution in [3.05, 3.63) is 55.4 Å². The van der Waals surface area contributed by atoms with Gasteiger partial charge in [0.05, 0.1) is 19.0 Å². The Morgan fingerprint density at radius 2 is 2.08 bits per heavy atom. The fourth-order valence-corrected chi connectivity index (χ4v) is 5.01. The summed E-state index contributed by atoms with van der Waals surface area (Å²) in [5.74, 6) is 0.770. The second kappa shape index (κ2) is 6.18. The van der Waals surface area contributed by atoms with Crippen LogP contribution in [0.1, 0.15) is 28.8 Å². The second-order valence-electron chi connectivity index (χ2n) is 6.05. The third-order valence-electron chi connectivity index (χ3n) is 4.62. The summed E-state index contributed by atoms with van der Waals surface area (Å²) in [6, 6.07) is 7.73. The number of aromatic amines is 1. The highest BCUT2D eigenvalue weighted by Gasteiger charge is 2.20. The van der Waals surface area contributed by atoms with E-state index in [1.165, 1.54) is 16.9 Å². The van der Waals surface area contributed by atoms with Gasteiger partial charge in [0.2, 0.25) is 0 Å². The van der Waals surface area contributed by atoms with Gasteiger partial charge in [-0.05, 0) is 49.5 Å². The summed E-state index contributed by atoms with van der Waals surface area (Å²) in [6.07, 6.45) is 4.42. The van der Waals surface area contributed by atoms with Gasteiger partial charge >= 0.3 is 0 Å². The Morgan fingerprint density at radius 1 is 1.29 bits per heavy atom. The van der Waals surface area contributed by atoms with E-state index in [0.29, 0.717) is 11.3 Å². The molecule has 0 unspecified atom stereocenters. The number of ether oxygens (including phenoxy) is 1. The van der Waals surface area contributed by atoms with Gasteiger partial charge in [-0.3, -0.25) is 9.36 Å². The topological polar surface area (TPSA) is 47.0 Å². The molecule has 1 aromatic carbocycles. The first-order valence-electron chi connectivity index (χ1n) is 8.08. The van der Waals surface area contributed by atoms with Crippen LogP contribution in [0.4, 0.5) is 0 Å². The maximum atomic E-state index is 13.1. The number of hydrogen-bond acceptors (Lipinski definition) is 4. The monoisotopic (exact) mass is 358 g/mol. The number of thiophene rings is 1. The molecule has 4 rings (SSSR count). The van der Waals surface area contributed by atoms with Crippen molar-refractivity contribution >= 4 is 33.8 Å². The van der Waals surface area contributed by atoms with Gasteiger partial charge in [0.25, 0.3) is 5.56 Å². The van der Waals surface area contributed by atoms with Crippen LogP contribution in [0.3, 0.4) is 0 Å². The molecule has 2 heterocycles. The van der Waals surface area contributed by atoms with Crippen LogP contribution < -0.4 is 10.3 Å². The van der Waals surface area contributed by atoms with E-state index >= 15 is 0 Å². The van der Waals surface area contributed by atoms with Gasteiger partial charge < -0.3 is 9.72 Å². The van der Waals surface area contributed by atoms with Crippen molar-refractivity contribution in [2.45, 2.75) is 32.2 Å². The maximum Gasteiger partial charge on any atom is 0.263 e. The summed E-state index contributed by atoms with van der Waals surface area (Å²) in [5.41, 5.74) is 2.19. The Labute approximate surface area is 148 Å². The lowest BCUT2D eigenvalue weighted by atomic mass is 9.97. The standard InChI is InChI=1S/C18H18N2O2S2/c1-22-13-8-4-2-6-11(13)10-20-17(21)15-12-7-3-5-9-14(12)24-16(15)19-18(20)23/h2,4,6,8H,3,5,7,9-10H2,1H3,(H,19,23). The van der Waals surface area contributed by atoms with Crippen molar-refractivity contribution < 1.29 is 4.74 Å². The van der Waals surface area contributed by atoms with E-state index in [2.05, 4.69) is 4.98 Å². The molecule has 124 valence electrons. The molecule has 6 heteroatoms. The summed E-state index contributed by atoms with van der Waals surface area (Å²) in [7, 11) is 1.64. The van der Waals surface area contributed by atoms with Gasteiger partial charge in [-0.25, -0.2) is 0 Å². The molecule has 0 aliphatic heterocycles. The van der Waals surface area contributed by atoms with E-state index in [4.69, 9.17) is 17.0 Å². The van der Waals surface area contributed by atoms with E-state index in [0.717, 1.165) is 40.8 Å². The van der Waals surface area contributed by atoms with E-state index in [1.54, 1.807) is 23.0 Å². The molecule has 0 saturated carbocycles. The van der Waals surface area contributed by atoms with E-state index in [9.17, 15) is 4.79 Å². The molecule has 1 N–H and O–H groups in total. The number of nitrogens with zero attached hydrogens (tertiary/aromatic N) is 1. The Morgan fingerprint density at radius 3 is 2.92 bits per heavy atom. The molecule has 0 amide bonds. The molecule has 0 saturated heterocycles. The number of nitrogens with one attached hydrogen (secondary N) is 1. The van der Waals surface area contributed by atoms with Crippen LogP contribution in [-0.2, 0) is 19.4 Å². The number of aromatic nitrogens is 2. The Kier molecular flexibility index (Phi) is 4.02. The highest BCUT2D eigenvalue weighted by atomic mass is 32.1. The Bertz CT molecular complexity index is 1030. The van der Waals surface area contributed by atoms with Gasteiger partial charge in [-0.2, -0.15) is 0 Å². The number of H-pyrrole nitrogens is 1. The van der Waals surface area contributed by atoms with Gasteiger partial charge in [0, 0.05) is 10.4 Å². The third-order valence-corrected chi connectivity index (χ3v) is 6.15. The molecule has 0 bridgehead atoms. The molecular formula is C18H18N2O2S2. The molecule has 0 fully saturated rings. The molecule has 1 aliphatic carbocycles. The number of para-hydroxylation sites is 1. The zero-order valence-corrected chi connectivity index (χ0v) is 15.1. The zero-order valence-electron chi connectivity index (χ0n) is 13.4. The lowest BCUT2D eigenvalue weighted by Gasteiger charge is -2.12. The molecule has 0 radical (unpaired) electrons. The van der Waals surface area contributed by atoms with Crippen LogP contribution in [-0.4, -0.2) is 16.7 Å². The normalized spacial score (nSPS) is 13.9. The van der Waals surface area contributed by atoms with Crippen LogP contribution in [0.25, 0.3) is 10.2 Å². The first-order chi connectivity index (χ1) is 11.7. The van der Waals surface area contributed by atoms with Crippen molar-refractivity contribution in [3.63, 3.8) is 0 Å². The van der Waals surface area contributed by atoms with Crippen LogP contribution in [0.5, 0.6) is 5.75 Å². The summed E-state index contributed by atoms with van der Waals surface area (Å²) < 4.78 is 7.52. The number of methoxy groups -OCH3 is 1. The van der Waals surface area contributed by atoms with Gasteiger partial charge in [0.1, 0.15) is 10.6 Å². The van der Waals surface area contributed by atoms with Gasteiger partial charge in [-0.15, -0.1) is 11.3 Å². The number of hydrogen-bond donors (Lipinski definition) is 1. The van der Waals surface area contributed by atoms with Crippen molar-refractivity contribution in [1.29, 1.82) is 0 Å². The van der Waals surface area contributed by atoms with E-state index < -0.39 is 0 Å². The lowest BCUT2D eigenvalue weighted by Crippen LogP contribution is -2.23. The first kappa shape index (κ1) is 15.6. The molecule has 4 nitrogen and oxygen atoms in total. The largest absolute Gasteiger partial charge is 0.496 e. The minimum atomic E-state index is 0.0130. The van der Waals surface area contributed by atoms with Crippen molar-refractivity contribution in [2.75, 3.05) is 7.11 Å². The third kappa shape index (κ3) is 2.50. The predicted molar refractivity (Wildman–Crippen MR) is 100 cm³/mol. The molecule has 3 aromatic rings.